The highest BCUT2D eigenvalue weighted by Gasteiger charge is 2.34. The molecule has 1 atom stereocenters. The summed E-state index contributed by atoms with van der Waals surface area (Å²) in [6.45, 7) is 0. The Morgan fingerprint density at radius 2 is 1.80 bits per heavy atom. The highest BCUT2D eigenvalue weighted by molar-refractivity contribution is 7.50. The van der Waals surface area contributed by atoms with Gasteiger partial charge < -0.3 is 9.46 Å². The molecule has 0 aliphatic heterocycles. The second-order valence-electron chi connectivity index (χ2n) is 2.79. The van der Waals surface area contributed by atoms with E-state index in [1.54, 1.807) is 6.07 Å². The average Bonchev–Trinajstić information content (AvgIpc) is 1.99. The van der Waals surface area contributed by atoms with E-state index in [0.29, 0.717) is 0 Å². The molecule has 1 aromatic carbocycles. The zero-order chi connectivity index (χ0) is 11.5. The fourth-order valence-corrected chi connectivity index (χ4v) is 2.04. The van der Waals surface area contributed by atoms with Crippen LogP contribution in [-0.4, -0.2) is 6.36 Å². The first-order valence-corrected chi connectivity index (χ1v) is 5.63. The van der Waals surface area contributed by atoms with E-state index in [2.05, 4.69) is 4.52 Å². The topological polar surface area (TPSA) is 49.4 Å². The van der Waals surface area contributed by atoms with E-state index in [0.717, 1.165) is 0 Å². The van der Waals surface area contributed by atoms with Gasteiger partial charge in [-0.25, -0.2) is 4.52 Å². The molecule has 0 aromatic heterocycles. The summed E-state index contributed by atoms with van der Waals surface area (Å²) in [5.41, 5.74) is 0.250. The molecular formula is C8H7F3O3P-. The van der Waals surface area contributed by atoms with E-state index >= 15 is 0 Å². The Hall–Kier alpha value is -0.840. The Kier molecular flexibility index (Phi) is 3.54. The average molecular weight is 239 g/mol. The molecule has 3 nitrogen and oxygen atoms in total. The molecule has 0 fully saturated rings. The smallest absolute Gasteiger partial charge is 0.527 e. The predicted octanol–water partition coefficient (Wildman–Crippen LogP) is 2.28. The molecule has 0 saturated carbocycles. The van der Waals surface area contributed by atoms with Crippen LogP contribution in [0.5, 0.6) is 0 Å². The van der Waals surface area contributed by atoms with Gasteiger partial charge in [-0.1, -0.05) is 30.3 Å². The first kappa shape index (κ1) is 12.2. The van der Waals surface area contributed by atoms with E-state index in [-0.39, 0.29) is 5.56 Å². The van der Waals surface area contributed by atoms with Crippen molar-refractivity contribution in [3.05, 3.63) is 35.9 Å². The van der Waals surface area contributed by atoms with Gasteiger partial charge in [-0.2, -0.15) is 0 Å². The molecule has 1 rings (SSSR count). The summed E-state index contributed by atoms with van der Waals surface area (Å²) < 4.78 is 48.9. The van der Waals surface area contributed by atoms with Crippen molar-refractivity contribution in [1.82, 2.24) is 0 Å². The van der Waals surface area contributed by atoms with E-state index < -0.39 is 20.1 Å². The maximum absolute atomic E-state index is 11.7. The molecule has 0 N–H and O–H groups in total. The molecule has 0 aliphatic rings. The van der Waals surface area contributed by atoms with Gasteiger partial charge in [-0.15, -0.1) is 13.2 Å². The Labute approximate surface area is 84.0 Å². The second kappa shape index (κ2) is 4.35. The van der Waals surface area contributed by atoms with Gasteiger partial charge in [0.2, 0.25) is 0 Å². The molecular weight excluding hydrogens is 232 g/mol. The molecule has 1 unspecified atom stereocenters. The van der Waals surface area contributed by atoms with Gasteiger partial charge in [-0.3, -0.25) is 0 Å². The van der Waals surface area contributed by atoms with E-state index in [1.165, 1.54) is 24.3 Å². The molecule has 1 aromatic rings. The van der Waals surface area contributed by atoms with Crippen LogP contribution in [0.3, 0.4) is 0 Å². The molecule has 0 radical (unpaired) electrons. The Morgan fingerprint density at radius 1 is 1.27 bits per heavy atom. The summed E-state index contributed by atoms with van der Waals surface area (Å²) in [4.78, 5) is 10.9. The van der Waals surface area contributed by atoms with E-state index in [9.17, 15) is 22.6 Å². The van der Waals surface area contributed by atoms with Crippen molar-refractivity contribution in [2.24, 2.45) is 0 Å². The lowest BCUT2D eigenvalue weighted by molar-refractivity contribution is -0.309. The highest BCUT2D eigenvalue weighted by atomic mass is 31.2. The van der Waals surface area contributed by atoms with Crippen LogP contribution in [0, 0.1) is 0 Å². The van der Waals surface area contributed by atoms with Crippen LogP contribution in [-0.2, 0) is 15.3 Å². The fourth-order valence-electron chi connectivity index (χ4n) is 0.997. The van der Waals surface area contributed by atoms with Crippen molar-refractivity contribution in [2.45, 2.75) is 12.5 Å². The van der Waals surface area contributed by atoms with Crippen LogP contribution < -0.4 is 4.89 Å². The lowest BCUT2D eigenvalue weighted by atomic mass is 10.2. The van der Waals surface area contributed by atoms with Crippen molar-refractivity contribution < 1.29 is 27.2 Å². The number of rotatable bonds is 3. The Balaban J connectivity index is 2.69. The number of hydrogen-bond donors (Lipinski definition) is 0. The first-order chi connectivity index (χ1) is 6.79. The van der Waals surface area contributed by atoms with Gasteiger partial charge in [0.05, 0.1) is 0 Å². The molecule has 0 heterocycles. The lowest BCUT2D eigenvalue weighted by Crippen LogP contribution is -2.18. The summed E-state index contributed by atoms with van der Waals surface area (Å²) in [5.74, 6) is 0. The summed E-state index contributed by atoms with van der Waals surface area (Å²) in [6, 6.07) is 7.50. The first-order valence-electron chi connectivity index (χ1n) is 3.90. The zero-order valence-corrected chi connectivity index (χ0v) is 8.29. The van der Waals surface area contributed by atoms with E-state index in [4.69, 9.17) is 0 Å². The van der Waals surface area contributed by atoms with E-state index in [1.807, 2.05) is 0 Å². The molecule has 0 aliphatic carbocycles. The zero-order valence-electron chi connectivity index (χ0n) is 7.40. The molecule has 0 bridgehead atoms. The molecule has 84 valence electrons. The largest absolute Gasteiger partial charge is 0.778 e. The minimum atomic E-state index is -5.16. The molecule has 0 amide bonds. The minimum absolute atomic E-state index is 0.250. The second-order valence-corrected chi connectivity index (χ2v) is 4.51. The normalized spacial score (nSPS) is 16.0. The van der Waals surface area contributed by atoms with Crippen LogP contribution in [0.2, 0.25) is 0 Å². The Bertz CT molecular complexity index is 363. The summed E-state index contributed by atoms with van der Waals surface area (Å²) in [6.07, 6.45) is -5.93. The van der Waals surface area contributed by atoms with Crippen LogP contribution in [0.1, 0.15) is 5.56 Å². The maximum atomic E-state index is 11.7. The third kappa shape index (κ3) is 4.97. The van der Waals surface area contributed by atoms with Crippen molar-refractivity contribution in [2.75, 3.05) is 0 Å². The van der Waals surface area contributed by atoms with Gasteiger partial charge in [0, 0.05) is 6.16 Å². The SMILES string of the molecule is O=P([O-])(Cc1ccccc1)OC(F)(F)F. The third-order valence-electron chi connectivity index (χ3n) is 1.46. The van der Waals surface area contributed by atoms with Gasteiger partial charge in [0.15, 0.2) is 0 Å². The van der Waals surface area contributed by atoms with Crippen LogP contribution >= 0.6 is 7.60 Å². The monoisotopic (exact) mass is 239 g/mol. The fraction of sp³-hybridized carbons (Fsp3) is 0.250. The minimum Gasteiger partial charge on any atom is -0.778 e. The standard InChI is InChI=1S/C8H8F3O3P/c9-8(10,11)14-15(12,13)6-7-4-2-1-3-5-7/h1-5H,6H2,(H,12,13)/p-1. The number of halogens is 3. The van der Waals surface area contributed by atoms with Crippen molar-refractivity contribution in [3.63, 3.8) is 0 Å². The van der Waals surface area contributed by atoms with Crippen LogP contribution in [0.4, 0.5) is 13.2 Å². The molecule has 0 saturated heterocycles. The summed E-state index contributed by atoms with van der Waals surface area (Å²) in [5, 5.41) is 0. The third-order valence-corrected chi connectivity index (χ3v) is 2.70. The molecule has 7 heteroatoms. The number of benzene rings is 1. The van der Waals surface area contributed by atoms with Gasteiger partial charge >= 0.3 is 6.36 Å². The van der Waals surface area contributed by atoms with Gasteiger partial charge in [-0.05, 0) is 5.56 Å². The van der Waals surface area contributed by atoms with Gasteiger partial charge in [0.25, 0.3) is 0 Å². The predicted molar refractivity (Wildman–Crippen MR) is 44.9 cm³/mol. The van der Waals surface area contributed by atoms with Gasteiger partial charge in [0.1, 0.15) is 7.60 Å². The molecule has 15 heavy (non-hydrogen) atoms. The summed E-state index contributed by atoms with van der Waals surface area (Å²) in [7, 11) is -4.91. The quantitative estimate of drug-likeness (QED) is 0.760. The number of alkyl halides is 3. The summed E-state index contributed by atoms with van der Waals surface area (Å²) >= 11 is 0. The van der Waals surface area contributed by atoms with Crippen molar-refractivity contribution >= 4 is 7.60 Å². The van der Waals surface area contributed by atoms with Crippen LogP contribution in [0.25, 0.3) is 0 Å². The van der Waals surface area contributed by atoms with Crippen LogP contribution in [0.15, 0.2) is 30.3 Å². The number of hydrogen-bond acceptors (Lipinski definition) is 3. The maximum Gasteiger partial charge on any atom is 0.527 e. The lowest BCUT2D eigenvalue weighted by Gasteiger charge is -2.23. The van der Waals surface area contributed by atoms with Crippen molar-refractivity contribution in [3.8, 4) is 0 Å². The Morgan fingerprint density at radius 3 is 2.27 bits per heavy atom. The highest BCUT2D eigenvalue weighted by Crippen LogP contribution is 2.46. The van der Waals surface area contributed by atoms with Crippen molar-refractivity contribution in [1.29, 1.82) is 0 Å². The molecule has 0 spiro atoms.